The molecule has 1 N–H and O–H groups in total. The number of amides is 1. The Bertz CT molecular complexity index is 800. The van der Waals surface area contributed by atoms with Crippen LogP contribution in [0.3, 0.4) is 0 Å². The standard InChI is InChI=1S/C15H8BrF3N2O/c16-9-4-5-12-11(7-9)13(14(22)21-12)20-10-3-1-2-8(6-10)15(17,18)19/h1-7H,(H,20,21,22). The molecule has 0 fully saturated rings. The Kier molecular flexibility index (Phi) is 3.52. The number of carbonyl (C=O) groups is 1. The average Bonchev–Trinajstić information content (AvgIpc) is 2.75. The van der Waals surface area contributed by atoms with Gasteiger partial charge in [0.2, 0.25) is 0 Å². The third-order valence-corrected chi connectivity index (χ3v) is 3.61. The zero-order valence-corrected chi connectivity index (χ0v) is 12.5. The largest absolute Gasteiger partial charge is 0.416 e. The van der Waals surface area contributed by atoms with Crippen LogP contribution in [0.15, 0.2) is 51.9 Å². The van der Waals surface area contributed by atoms with E-state index >= 15 is 0 Å². The van der Waals surface area contributed by atoms with Gasteiger partial charge in [-0.15, -0.1) is 0 Å². The summed E-state index contributed by atoms with van der Waals surface area (Å²) in [5.41, 5.74) is 0.501. The molecule has 0 saturated carbocycles. The number of fused-ring (bicyclic) bond motifs is 1. The quantitative estimate of drug-likeness (QED) is 0.788. The second kappa shape index (κ2) is 5.24. The number of carbonyl (C=O) groups excluding carboxylic acids is 1. The second-order valence-corrected chi connectivity index (χ2v) is 5.57. The van der Waals surface area contributed by atoms with Gasteiger partial charge in [0.05, 0.1) is 16.9 Å². The molecule has 0 atom stereocenters. The van der Waals surface area contributed by atoms with Gasteiger partial charge in [-0.1, -0.05) is 22.0 Å². The first-order chi connectivity index (χ1) is 10.3. The minimum atomic E-state index is -4.45. The fourth-order valence-corrected chi connectivity index (χ4v) is 2.48. The van der Waals surface area contributed by atoms with Crippen LogP contribution in [0.1, 0.15) is 11.1 Å². The van der Waals surface area contributed by atoms with E-state index in [9.17, 15) is 18.0 Å². The minimum Gasteiger partial charge on any atom is -0.320 e. The lowest BCUT2D eigenvalue weighted by Crippen LogP contribution is -2.14. The molecule has 2 aromatic carbocycles. The van der Waals surface area contributed by atoms with E-state index in [-0.39, 0.29) is 11.4 Å². The number of anilines is 1. The van der Waals surface area contributed by atoms with Gasteiger partial charge >= 0.3 is 6.18 Å². The van der Waals surface area contributed by atoms with Gasteiger partial charge in [0.1, 0.15) is 5.71 Å². The molecule has 1 aliphatic heterocycles. The van der Waals surface area contributed by atoms with Crippen molar-refractivity contribution in [3.8, 4) is 0 Å². The van der Waals surface area contributed by atoms with Gasteiger partial charge in [-0.3, -0.25) is 4.79 Å². The van der Waals surface area contributed by atoms with Gasteiger partial charge in [0.15, 0.2) is 0 Å². The van der Waals surface area contributed by atoms with E-state index in [0.717, 1.165) is 16.6 Å². The number of aliphatic imine (C=N–C) groups is 1. The van der Waals surface area contributed by atoms with E-state index in [1.165, 1.54) is 12.1 Å². The maximum atomic E-state index is 12.7. The lowest BCUT2D eigenvalue weighted by atomic mass is 10.1. The Balaban J connectivity index is 2.07. The highest BCUT2D eigenvalue weighted by molar-refractivity contribution is 9.10. The number of alkyl halides is 3. The van der Waals surface area contributed by atoms with Crippen molar-refractivity contribution in [2.24, 2.45) is 4.99 Å². The van der Waals surface area contributed by atoms with Crippen molar-refractivity contribution in [2.45, 2.75) is 6.18 Å². The number of hydrogen-bond donors (Lipinski definition) is 1. The van der Waals surface area contributed by atoms with E-state index in [1.807, 2.05) is 0 Å². The molecular weight excluding hydrogens is 361 g/mol. The smallest absolute Gasteiger partial charge is 0.320 e. The van der Waals surface area contributed by atoms with Gasteiger partial charge in [-0.2, -0.15) is 13.2 Å². The van der Waals surface area contributed by atoms with Crippen LogP contribution in [-0.2, 0) is 11.0 Å². The highest BCUT2D eigenvalue weighted by atomic mass is 79.9. The van der Waals surface area contributed by atoms with Gasteiger partial charge in [-0.05, 0) is 36.4 Å². The molecule has 112 valence electrons. The maximum absolute atomic E-state index is 12.7. The van der Waals surface area contributed by atoms with Crippen molar-refractivity contribution in [3.63, 3.8) is 0 Å². The third kappa shape index (κ3) is 2.76. The lowest BCUT2D eigenvalue weighted by molar-refractivity contribution is -0.137. The highest BCUT2D eigenvalue weighted by Crippen LogP contribution is 2.33. The predicted molar refractivity (Wildman–Crippen MR) is 80.4 cm³/mol. The second-order valence-electron chi connectivity index (χ2n) is 4.65. The summed E-state index contributed by atoms with van der Waals surface area (Å²) in [6.07, 6.45) is -4.45. The van der Waals surface area contributed by atoms with Crippen molar-refractivity contribution in [1.29, 1.82) is 0 Å². The third-order valence-electron chi connectivity index (χ3n) is 3.11. The van der Waals surface area contributed by atoms with Crippen molar-refractivity contribution in [3.05, 3.63) is 58.1 Å². The van der Waals surface area contributed by atoms with Crippen LogP contribution in [0.25, 0.3) is 0 Å². The Labute approximate surface area is 132 Å². The number of benzene rings is 2. The van der Waals surface area contributed by atoms with Crippen molar-refractivity contribution < 1.29 is 18.0 Å². The number of hydrogen-bond acceptors (Lipinski definition) is 2. The molecule has 1 amide bonds. The molecule has 3 rings (SSSR count). The average molecular weight is 369 g/mol. The van der Waals surface area contributed by atoms with Crippen molar-refractivity contribution >= 4 is 38.9 Å². The van der Waals surface area contributed by atoms with Gasteiger partial charge in [-0.25, -0.2) is 4.99 Å². The Morgan fingerprint density at radius 3 is 2.59 bits per heavy atom. The van der Waals surface area contributed by atoms with Gasteiger partial charge in [0, 0.05) is 10.0 Å². The molecule has 1 aliphatic rings. The Morgan fingerprint density at radius 1 is 1.09 bits per heavy atom. The fourth-order valence-electron chi connectivity index (χ4n) is 2.12. The summed E-state index contributed by atoms with van der Waals surface area (Å²) in [6, 6.07) is 9.71. The SMILES string of the molecule is O=C1Nc2ccc(Br)cc2/C1=N/c1cccc(C(F)(F)F)c1. The van der Waals surface area contributed by atoms with E-state index in [1.54, 1.807) is 18.2 Å². The van der Waals surface area contributed by atoms with Crippen LogP contribution in [-0.4, -0.2) is 11.6 Å². The molecule has 0 saturated heterocycles. The maximum Gasteiger partial charge on any atom is 0.416 e. The van der Waals surface area contributed by atoms with Gasteiger partial charge < -0.3 is 5.32 Å². The number of rotatable bonds is 1. The topological polar surface area (TPSA) is 41.5 Å². The summed E-state index contributed by atoms with van der Waals surface area (Å²) in [5, 5.41) is 2.63. The summed E-state index contributed by atoms with van der Waals surface area (Å²) in [7, 11) is 0. The van der Waals surface area contributed by atoms with E-state index in [2.05, 4.69) is 26.2 Å². The highest BCUT2D eigenvalue weighted by Gasteiger charge is 2.31. The lowest BCUT2D eigenvalue weighted by Gasteiger charge is -2.06. The van der Waals surface area contributed by atoms with Crippen LogP contribution in [0.2, 0.25) is 0 Å². The molecule has 0 spiro atoms. The van der Waals surface area contributed by atoms with Gasteiger partial charge in [0.25, 0.3) is 5.91 Å². The zero-order chi connectivity index (χ0) is 15.9. The van der Waals surface area contributed by atoms with E-state index < -0.39 is 17.6 Å². The molecule has 0 aromatic heterocycles. The number of nitrogens with one attached hydrogen (secondary N) is 1. The summed E-state index contributed by atoms with van der Waals surface area (Å²) in [5.74, 6) is -0.439. The molecule has 0 aliphatic carbocycles. The molecule has 22 heavy (non-hydrogen) atoms. The van der Waals surface area contributed by atoms with Crippen molar-refractivity contribution in [1.82, 2.24) is 0 Å². The van der Waals surface area contributed by atoms with Crippen LogP contribution >= 0.6 is 15.9 Å². The fraction of sp³-hybridized carbons (Fsp3) is 0.0667. The predicted octanol–water partition coefficient (Wildman–Crippen LogP) is 4.54. The molecule has 2 aromatic rings. The minimum absolute atomic E-state index is 0.0767. The normalized spacial score (nSPS) is 15.8. The summed E-state index contributed by atoms with van der Waals surface area (Å²) in [4.78, 5) is 16.0. The van der Waals surface area contributed by atoms with Crippen LogP contribution in [0, 0.1) is 0 Å². The molecule has 7 heteroatoms. The molecular formula is C15H8BrF3N2O. The first-order valence-electron chi connectivity index (χ1n) is 6.22. The number of halogens is 4. The Morgan fingerprint density at radius 2 is 1.86 bits per heavy atom. The first kappa shape index (κ1) is 14.8. The monoisotopic (exact) mass is 368 g/mol. The molecule has 0 radical (unpaired) electrons. The molecule has 1 heterocycles. The summed E-state index contributed by atoms with van der Waals surface area (Å²) >= 11 is 3.29. The first-order valence-corrected chi connectivity index (χ1v) is 7.01. The Hall–Kier alpha value is -2.15. The number of nitrogens with zero attached hydrogens (tertiary/aromatic N) is 1. The summed E-state index contributed by atoms with van der Waals surface area (Å²) in [6.45, 7) is 0. The molecule has 0 unspecified atom stereocenters. The molecule has 0 bridgehead atoms. The summed E-state index contributed by atoms with van der Waals surface area (Å²) < 4.78 is 38.9. The van der Waals surface area contributed by atoms with E-state index in [0.29, 0.717) is 11.3 Å². The molecule has 3 nitrogen and oxygen atoms in total. The zero-order valence-electron chi connectivity index (χ0n) is 10.9. The van der Waals surface area contributed by atoms with Crippen molar-refractivity contribution in [2.75, 3.05) is 5.32 Å². The van der Waals surface area contributed by atoms with Crippen LogP contribution in [0.4, 0.5) is 24.5 Å². The van der Waals surface area contributed by atoms with Crippen LogP contribution in [0.5, 0.6) is 0 Å². The van der Waals surface area contributed by atoms with E-state index in [4.69, 9.17) is 0 Å². The van der Waals surface area contributed by atoms with Crippen LogP contribution < -0.4 is 5.32 Å².